The van der Waals surface area contributed by atoms with E-state index in [0.717, 1.165) is 41.0 Å². The molecule has 0 bridgehead atoms. The molecule has 2 heterocycles. The second kappa shape index (κ2) is 8.96. The highest BCUT2D eigenvalue weighted by atomic mass is 28.3. The van der Waals surface area contributed by atoms with Crippen LogP contribution in [-0.2, 0) is 0 Å². The molecule has 0 amide bonds. The number of unbranched alkanes of at least 4 members (excludes halogenated alkanes) is 1. The smallest absolute Gasteiger partial charge is 0.120 e. The summed E-state index contributed by atoms with van der Waals surface area (Å²) in [6.07, 6.45) is 9.65. The molecule has 27 heavy (non-hydrogen) atoms. The lowest BCUT2D eigenvalue weighted by Gasteiger charge is -2.15. The van der Waals surface area contributed by atoms with Crippen LogP contribution in [0.5, 0.6) is 5.75 Å². The molecule has 3 aromatic rings. The van der Waals surface area contributed by atoms with Crippen molar-refractivity contribution in [3.8, 4) is 28.0 Å². The van der Waals surface area contributed by atoms with E-state index >= 15 is 0 Å². The van der Waals surface area contributed by atoms with E-state index in [1.54, 1.807) is 0 Å². The van der Waals surface area contributed by atoms with Gasteiger partial charge in [-0.25, -0.2) is 0 Å². The third kappa shape index (κ3) is 6.03. The van der Waals surface area contributed by atoms with Crippen LogP contribution in [-0.4, -0.2) is 24.6 Å². The predicted molar refractivity (Wildman–Crippen MR) is 116 cm³/mol. The van der Waals surface area contributed by atoms with Gasteiger partial charge in [-0.15, -0.1) is 0 Å². The number of pyridine rings is 2. The summed E-state index contributed by atoms with van der Waals surface area (Å²) in [7, 11) is -0.960. The third-order valence-electron chi connectivity index (χ3n) is 4.52. The van der Waals surface area contributed by atoms with Gasteiger partial charge in [-0.05, 0) is 71.1 Å². The fourth-order valence-electron chi connectivity index (χ4n) is 3.05. The number of hydrogen-bond donors (Lipinski definition) is 0. The van der Waals surface area contributed by atoms with Crippen molar-refractivity contribution in [2.45, 2.75) is 38.5 Å². The van der Waals surface area contributed by atoms with E-state index in [4.69, 9.17) is 4.74 Å². The van der Waals surface area contributed by atoms with Gasteiger partial charge >= 0.3 is 0 Å². The molecule has 0 aliphatic heterocycles. The Morgan fingerprint density at radius 2 is 1.22 bits per heavy atom. The maximum Gasteiger partial charge on any atom is 0.120 e. The van der Waals surface area contributed by atoms with Gasteiger partial charge in [0.05, 0.1) is 6.61 Å². The van der Waals surface area contributed by atoms with Gasteiger partial charge in [0, 0.05) is 32.9 Å². The molecule has 3 rings (SSSR count). The van der Waals surface area contributed by atoms with Gasteiger partial charge in [0.1, 0.15) is 5.75 Å². The lowest BCUT2D eigenvalue weighted by atomic mass is 10.00. The predicted octanol–water partition coefficient (Wildman–Crippen LogP) is 6.31. The fraction of sp³-hybridized carbons (Fsp3) is 0.304. The van der Waals surface area contributed by atoms with Gasteiger partial charge in [0.25, 0.3) is 0 Å². The van der Waals surface area contributed by atoms with Gasteiger partial charge in [-0.1, -0.05) is 32.1 Å². The minimum absolute atomic E-state index is 0.764. The van der Waals surface area contributed by atoms with Crippen molar-refractivity contribution >= 4 is 8.07 Å². The summed E-state index contributed by atoms with van der Waals surface area (Å²) in [5, 5.41) is 0. The zero-order valence-corrected chi connectivity index (χ0v) is 17.5. The molecular formula is C23H28N2OSi. The lowest BCUT2D eigenvalue weighted by Crippen LogP contribution is -2.18. The largest absolute Gasteiger partial charge is 0.494 e. The van der Waals surface area contributed by atoms with Gasteiger partial charge < -0.3 is 4.74 Å². The minimum atomic E-state index is -0.960. The van der Waals surface area contributed by atoms with Crippen LogP contribution < -0.4 is 4.74 Å². The summed E-state index contributed by atoms with van der Waals surface area (Å²) in [5.74, 6) is 0.920. The number of ether oxygens (including phenoxy) is 1. The number of aromatic nitrogens is 2. The molecule has 0 atom stereocenters. The standard InChI is InChI=1S/C23H28N2OSi/c1-27(2,3)15-5-4-14-26-23-17-21(19-6-10-24-11-7-19)16-22(18-23)20-8-12-25-13-9-20/h6-13,16-18H,4-5,14-15H2,1-3H3. The lowest BCUT2D eigenvalue weighted by molar-refractivity contribution is 0.309. The van der Waals surface area contributed by atoms with Crippen LogP contribution >= 0.6 is 0 Å². The normalized spacial score (nSPS) is 11.4. The van der Waals surface area contributed by atoms with E-state index in [2.05, 4.69) is 47.8 Å². The molecule has 4 heteroatoms. The highest BCUT2D eigenvalue weighted by Crippen LogP contribution is 2.31. The van der Waals surface area contributed by atoms with Gasteiger partial charge in [0.2, 0.25) is 0 Å². The van der Waals surface area contributed by atoms with E-state index in [-0.39, 0.29) is 0 Å². The molecule has 0 aliphatic carbocycles. The average molecular weight is 377 g/mol. The van der Waals surface area contributed by atoms with Crippen LogP contribution in [0.4, 0.5) is 0 Å². The Bertz CT molecular complexity index is 788. The molecule has 140 valence electrons. The maximum absolute atomic E-state index is 6.13. The van der Waals surface area contributed by atoms with Crippen molar-refractivity contribution in [1.82, 2.24) is 9.97 Å². The van der Waals surface area contributed by atoms with Crippen LogP contribution in [0.2, 0.25) is 25.7 Å². The highest BCUT2D eigenvalue weighted by molar-refractivity contribution is 6.76. The zero-order valence-electron chi connectivity index (χ0n) is 16.5. The third-order valence-corrected chi connectivity index (χ3v) is 6.38. The van der Waals surface area contributed by atoms with Crippen molar-refractivity contribution in [2.75, 3.05) is 6.61 Å². The minimum Gasteiger partial charge on any atom is -0.494 e. The molecule has 0 spiro atoms. The molecule has 3 nitrogen and oxygen atoms in total. The summed E-state index contributed by atoms with van der Waals surface area (Å²) in [6.45, 7) is 8.03. The summed E-state index contributed by atoms with van der Waals surface area (Å²) >= 11 is 0. The van der Waals surface area contributed by atoms with Gasteiger partial charge in [0.15, 0.2) is 0 Å². The number of nitrogens with zero attached hydrogens (tertiary/aromatic N) is 2. The Hall–Kier alpha value is -2.46. The summed E-state index contributed by atoms with van der Waals surface area (Å²) < 4.78 is 6.13. The Labute approximate surface area is 163 Å². The molecule has 0 radical (unpaired) electrons. The van der Waals surface area contributed by atoms with E-state index in [1.807, 2.05) is 49.1 Å². The SMILES string of the molecule is C[Si](C)(C)CCCCOc1cc(-c2ccncc2)cc(-c2ccncc2)c1. The Kier molecular flexibility index (Phi) is 6.40. The topological polar surface area (TPSA) is 35.0 Å². The van der Waals surface area contributed by atoms with Crippen molar-refractivity contribution < 1.29 is 4.74 Å². The molecule has 0 saturated carbocycles. The van der Waals surface area contributed by atoms with Crippen LogP contribution in [0.15, 0.2) is 67.3 Å². The second-order valence-electron chi connectivity index (χ2n) is 8.08. The van der Waals surface area contributed by atoms with E-state index in [0.29, 0.717) is 0 Å². The van der Waals surface area contributed by atoms with E-state index in [9.17, 15) is 0 Å². The van der Waals surface area contributed by atoms with Crippen LogP contribution in [0.25, 0.3) is 22.3 Å². The molecule has 2 aromatic heterocycles. The molecule has 0 aliphatic rings. The first-order valence-corrected chi connectivity index (χ1v) is 13.3. The highest BCUT2D eigenvalue weighted by Gasteiger charge is 2.12. The second-order valence-corrected chi connectivity index (χ2v) is 13.7. The van der Waals surface area contributed by atoms with Crippen molar-refractivity contribution in [2.24, 2.45) is 0 Å². The molecule has 0 unspecified atom stereocenters. The molecule has 0 N–H and O–H groups in total. The first-order valence-electron chi connectivity index (χ1n) is 9.60. The fourth-order valence-corrected chi connectivity index (χ4v) is 4.36. The Morgan fingerprint density at radius 1 is 0.704 bits per heavy atom. The zero-order chi connectivity index (χ0) is 19.1. The first kappa shape index (κ1) is 19.3. The van der Waals surface area contributed by atoms with Crippen molar-refractivity contribution in [3.63, 3.8) is 0 Å². The van der Waals surface area contributed by atoms with Crippen LogP contribution in [0.1, 0.15) is 12.8 Å². The molecular weight excluding hydrogens is 348 g/mol. The molecule has 0 fully saturated rings. The summed E-state index contributed by atoms with van der Waals surface area (Å²) in [4.78, 5) is 8.25. The first-order chi connectivity index (χ1) is 13.0. The number of rotatable bonds is 8. The maximum atomic E-state index is 6.13. The number of hydrogen-bond acceptors (Lipinski definition) is 3. The average Bonchev–Trinajstić information content (AvgIpc) is 2.68. The Morgan fingerprint density at radius 3 is 1.70 bits per heavy atom. The monoisotopic (exact) mass is 376 g/mol. The van der Waals surface area contributed by atoms with E-state index < -0.39 is 8.07 Å². The molecule has 1 aromatic carbocycles. The van der Waals surface area contributed by atoms with Crippen LogP contribution in [0, 0.1) is 0 Å². The van der Waals surface area contributed by atoms with Crippen molar-refractivity contribution in [1.29, 1.82) is 0 Å². The summed E-state index contributed by atoms with van der Waals surface area (Å²) in [6, 6.07) is 15.9. The Balaban J connectivity index is 1.78. The summed E-state index contributed by atoms with van der Waals surface area (Å²) in [5.41, 5.74) is 4.57. The molecule has 0 saturated heterocycles. The van der Waals surface area contributed by atoms with Gasteiger partial charge in [-0.2, -0.15) is 0 Å². The van der Waals surface area contributed by atoms with E-state index in [1.165, 1.54) is 12.5 Å². The van der Waals surface area contributed by atoms with Crippen LogP contribution in [0.3, 0.4) is 0 Å². The number of benzene rings is 1. The van der Waals surface area contributed by atoms with Crippen molar-refractivity contribution in [3.05, 3.63) is 67.3 Å². The quantitative estimate of drug-likeness (QED) is 0.341. The van der Waals surface area contributed by atoms with Gasteiger partial charge in [-0.3, -0.25) is 9.97 Å².